The Labute approximate surface area is 221 Å². The summed E-state index contributed by atoms with van der Waals surface area (Å²) in [6.07, 6.45) is 1.20. The molecule has 4 rings (SSSR count). The smallest absolute Gasteiger partial charge is 0.323 e. The predicted molar refractivity (Wildman–Crippen MR) is 146 cm³/mol. The van der Waals surface area contributed by atoms with E-state index >= 15 is 0 Å². The van der Waals surface area contributed by atoms with Gasteiger partial charge in [-0.25, -0.2) is 0 Å². The third kappa shape index (κ3) is 7.07. The van der Waals surface area contributed by atoms with Crippen LogP contribution in [0.2, 0.25) is 5.02 Å². The molecule has 192 valence electrons. The summed E-state index contributed by atoms with van der Waals surface area (Å²) in [7, 11) is 4.23. The lowest BCUT2D eigenvalue weighted by molar-refractivity contribution is -0.142. The van der Waals surface area contributed by atoms with Crippen molar-refractivity contribution < 1.29 is 20.1 Å². The number of fused-ring (bicyclic) bond motifs is 2. The second kappa shape index (κ2) is 11.9. The molecule has 1 unspecified atom stereocenters. The zero-order valence-electron chi connectivity index (χ0n) is 20.6. The molecule has 0 saturated heterocycles. The number of hydrogen-bond donors (Lipinski definition) is 4. The first-order chi connectivity index (χ1) is 17.0. The molecule has 0 bridgehead atoms. The molecule has 0 spiro atoms. The van der Waals surface area contributed by atoms with Crippen molar-refractivity contribution in [3.05, 3.63) is 71.2 Å². The van der Waals surface area contributed by atoms with Crippen molar-refractivity contribution in [2.45, 2.75) is 35.1 Å². The van der Waals surface area contributed by atoms with Gasteiger partial charge < -0.3 is 30.9 Å². The molecule has 7 nitrogen and oxygen atoms in total. The van der Waals surface area contributed by atoms with Crippen LogP contribution in [0.15, 0.2) is 70.5 Å². The van der Waals surface area contributed by atoms with Crippen molar-refractivity contribution in [3.8, 4) is 11.5 Å². The fourth-order valence-electron chi connectivity index (χ4n) is 3.77. The van der Waals surface area contributed by atoms with Crippen LogP contribution in [0, 0.1) is 0 Å². The normalized spacial score (nSPS) is 13.8. The molecular formula is C27H32ClN3O4S. The number of benzene rings is 3. The third-order valence-electron chi connectivity index (χ3n) is 5.67. The minimum atomic E-state index is -1.39. The Bertz CT molecular complexity index is 1220. The molecule has 1 aliphatic heterocycles. The maximum atomic E-state index is 10.7. The fraction of sp³-hybridized carbons (Fsp3) is 0.296. The molecule has 0 aromatic heterocycles. The Hall–Kier alpha value is -2.91. The molecule has 0 fully saturated rings. The van der Waals surface area contributed by atoms with Gasteiger partial charge in [-0.1, -0.05) is 41.6 Å². The van der Waals surface area contributed by atoms with Crippen molar-refractivity contribution in [3.63, 3.8) is 0 Å². The number of phenols is 2. The van der Waals surface area contributed by atoms with E-state index in [1.807, 2.05) is 17.8 Å². The third-order valence-corrected chi connectivity index (χ3v) is 7.04. The number of phenolic OH excluding ortho intramolecular Hbond substituents is 2. The Morgan fingerprint density at radius 3 is 2.39 bits per heavy atom. The molecule has 3 aromatic carbocycles. The Morgan fingerprint density at radius 1 is 1.03 bits per heavy atom. The maximum absolute atomic E-state index is 10.7. The average Bonchev–Trinajstić information content (AvgIpc) is 2.81. The van der Waals surface area contributed by atoms with Gasteiger partial charge in [-0.05, 0) is 82.0 Å². The lowest BCUT2D eigenvalue weighted by atomic mass is 9.94. The van der Waals surface area contributed by atoms with E-state index in [1.54, 1.807) is 0 Å². The molecule has 1 atom stereocenters. The second-order valence-electron chi connectivity index (χ2n) is 9.21. The summed E-state index contributed by atoms with van der Waals surface area (Å²) >= 11 is 8.03. The van der Waals surface area contributed by atoms with Crippen molar-refractivity contribution in [2.24, 2.45) is 5.73 Å². The van der Waals surface area contributed by atoms with Gasteiger partial charge in [0.2, 0.25) is 0 Å². The number of rotatable bonds is 7. The number of carboxylic acids is 1. The first-order valence-electron chi connectivity index (χ1n) is 11.5. The van der Waals surface area contributed by atoms with Gasteiger partial charge in [-0.3, -0.25) is 4.79 Å². The van der Waals surface area contributed by atoms with Crippen molar-refractivity contribution in [2.75, 3.05) is 32.1 Å². The Kier molecular flexibility index (Phi) is 9.13. The molecule has 0 radical (unpaired) electrons. The minimum absolute atomic E-state index is 0.0795. The molecule has 1 aliphatic rings. The van der Waals surface area contributed by atoms with Crippen LogP contribution in [0.5, 0.6) is 11.5 Å². The van der Waals surface area contributed by atoms with E-state index in [2.05, 4.69) is 60.3 Å². The van der Waals surface area contributed by atoms with E-state index in [4.69, 9.17) is 27.5 Å². The van der Waals surface area contributed by atoms with Crippen LogP contribution in [-0.2, 0) is 11.2 Å². The largest absolute Gasteiger partial charge is 0.504 e. The van der Waals surface area contributed by atoms with Gasteiger partial charge >= 0.3 is 5.97 Å². The van der Waals surface area contributed by atoms with E-state index in [0.29, 0.717) is 5.56 Å². The predicted octanol–water partition coefficient (Wildman–Crippen LogP) is 5.34. The molecule has 3 aromatic rings. The van der Waals surface area contributed by atoms with Crippen LogP contribution in [0.4, 0.5) is 11.4 Å². The first-order valence-corrected chi connectivity index (χ1v) is 12.7. The topological polar surface area (TPSA) is 110 Å². The summed E-state index contributed by atoms with van der Waals surface area (Å²) in [6, 6.07) is 18.9. The van der Waals surface area contributed by atoms with Crippen molar-refractivity contribution in [1.29, 1.82) is 0 Å². The summed E-state index contributed by atoms with van der Waals surface area (Å²) in [6.45, 7) is 3.48. The van der Waals surface area contributed by atoms with Gasteiger partial charge in [-0.15, -0.1) is 0 Å². The number of carboxylic acid groups (broad SMARTS) is 1. The summed E-state index contributed by atoms with van der Waals surface area (Å²) in [5.41, 5.74) is 7.22. The number of nitrogens with two attached hydrogens (primary N) is 1. The molecule has 9 heteroatoms. The van der Waals surface area contributed by atoms with Gasteiger partial charge in [0.1, 0.15) is 5.54 Å². The SMILES string of the molecule is CC(N)(Cc1ccc(O)c(O)c1)C(=O)O.CN(C)CCCN1c2ccccc2Sc2ccc(Cl)cc21. The van der Waals surface area contributed by atoms with Crippen LogP contribution >= 0.6 is 23.4 Å². The highest BCUT2D eigenvalue weighted by Gasteiger charge is 2.28. The van der Waals surface area contributed by atoms with E-state index in [-0.39, 0.29) is 17.9 Å². The highest BCUT2D eigenvalue weighted by atomic mass is 35.5. The van der Waals surface area contributed by atoms with E-state index in [9.17, 15) is 9.90 Å². The Morgan fingerprint density at radius 2 is 1.72 bits per heavy atom. The Balaban J connectivity index is 0.000000214. The molecule has 0 saturated carbocycles. The number of aromatic hydroxyl groups is 2. The number of para-hydroxylation sites is 1. The number of anilines is 2. The lowest BCUT2D eigenvalue weighted by Gasteiger charge is -2.33. The second-order valence-corrected chi connectivity index (χ2v) is 10.7. The molecule has 1 heterocycles. The zero-order chi connectivity index (χ0) is 26.5. The van der Waals surface area contributed by atoms with Gasteiger partial charge in [0, 0.05) is 27.8 Å². The minimum Gasteiger partial charge on any atom is -0.504 e. The van der Waals surface area contributed by atoms with E-state index < -0.39 is 11.5 Å². The number of aliphatic carboxylic acids is 1. The van der Waals surface area contributed by atoms with Gasteiger partial charge in [0.15, 0.2) is 11.5 Å². The standard InChI is InChI=1S/C17H19ClN2S.C10H13NO4/c1-19(2)10-5-11-20-14-6-3-4-7-16(14)21-17-9-8-13(18)12-15(17)20;1-10(11,9(14)15)5-6-2-3-7(12)8(13)4-6/h3-4,6-9,12H,5,10-11H2,1-2H3;2-4,12-13H,5,11H2,1H3,(H,14,15). The van der Waals surface area contributed by atoms with E-state index in [0.717, 1.165) is 24.5 Å². The molecular weight excluding hydrogens is 498 g/mol. The van der Waals surface area contributed by atoms with Gasteiger partial charge in [-0.2, -0.15) is 0 Å². The number of carbonyl (C=O) groups is 1. The highest BCUT2D eigenvalue weighted by Crippen LogP contribution is 2.48. The molecule has 0 amide bonds. The number of hydrogen-bond acceptors (Lipinski definition) is 7. The molecule has 36 heavy (non-hydrogen) atoms. The lowest BCUT2D eigenvalue weighted by Crippen LogP contribution is -2.46. The van der Waals surface area contributed by atoms with Crippen LogP contribution in [0.3, 0.4) is 0 Å². The van der Waals surface area contributed by atoms with E-state index in [1.165, 1.54) is 46.3 Å². The van der Waals surface area contributed by atoms with Crippen LogP contribution < -0.4 is 10.6 Å². The summed E-state index contributed by atoms with van der Waals surface area (Å²) < 4.78 is 0. The van der Waals surface area contributed by atoms with Gasteiger partial charge in [0.05, 0.1) is 11.4 Å². The van der Waals surface area contributed by atoms with Crippen LogP contribution in [0.1, 0.15) is 18.9 Å². The number of halogens is 1. The summed E-state index contributed by atoms with van der Waals surface area (Å²) in [5, 5.41) is 27.8. The fourth-order valence-corrected chi connectivity index (χ4v) is 5.01. The average molecular weight is 530 g/mol. The zero-order valence-corrected chi connectivity index (χ0v) is 22.2. The highest BCUT2D eigenvalue weighted by molar-refractivity contribution is 7.99. The molecule has 5 N–H and O–H groups in total. The van der Waals surface area contributed by atoms with Crippen LogP contribution in [-0.4, -0.2) is 58.9 Å². The van der Waals surface area contributed by atoms with Crippen molar-refractivity contribution >= 4 is 40.7 Å². The molecule has 0 aliphatic carbocycles. The summed E-state index contributed by atoms with van der Waals surface area (Å²) in [5.74, 6) is -1.64. The maximum Gasteiger partial charge on any atom is 0.323 e. The monoisotopic (exact) mass is 529 g/mol. The quantitative estimate of drug-likeness (QED) is 0.304. The first kappa shape index (κ1) is 27.7. The number of nitrogens with zero attached hydrogens (tertiary/aromatic N) is 2. The summed E-state index contributed by atoms with van der Waals surface area (Å²) in [4.78, 5) is 18.0. The van der Waals surface area contributed by atoms with Crippen LogP contribution in [0.25, 0.3) is 0 Å². The van der Waals surface area contributed by atoms with Gasteiger partial charge in [0.25, 0.3) is 0 Å². The van der Waals surface area contributed by atoms with Crippen molar-refractivity contribution in [1.82, 2.24) is 4.90 Å².